The molecule has 4 heteroatoms. The van der Waals surface area contributed by atoms with Crippen LogP contribution < -0.4 is 5.73 Å². The Morgan fingerprint density at radius 1 is 1.29 bits per heavy atom. The Hall–Kier alpha value is -2.12. The molecular formula is C13H10N2OS. The van der Waals surface area contributed by atoms with E-state index in [2.05, 4.69) is 0 Å². The minimum absolute atomic E-state index is 0.0713. The van der Waals surface area contributed by atoms with Crippen molar-refractivity contribution in [3.63, 3.8) is 0 Å². The molecule has 84 valence electrons. The number of nitrogens with zero attached hydrogens (tertiary/aromatic N) is 1. The summed E-state index contributed by atoms with van der Waals surface area (Å²) < 4.78 is 5.94. The van der Waals surface area contributed by atoms with E-state index in [4.69, 9.17) is 27.6 Å². The smallest absolute Gasteiger partial charge is 0.210 e. The molecule has 3 nitrogen and oxygen atoms in total. The Morgan fingerprint density at radius 3 is 2.53 bits per heavy atom. The first-order chi connectivity index (χ1) is 8.15. The molecule has 0 bridgehead atoms. The van der Waals surface area contributed by atoms with Crippen LogP contribution in [-0.2, 0) is 0 Å². The summed E-state index contributed by atoms with van der Waals surface area (Å²) in [4.78, 5) is 0. The summed E-state index contributed by atoms with van der Waals surface area (Å²) in [5, 5.41) is 8.93. The molecule has 1 aromatic carbocycles. The van der Waals surface area contributed by atoms with Crippen LogP contribution in [0.2, 0.25) is 0 Å². The summed E-state index contributed by atoms with van der Waals surface area (Å²) in [6.07, 6.45) is 0. The van der Waals surface area contributed by atoms with Crippen LogP contribution in [0, 0.1) is 22.8 Å². The molecule has 0 saturated carbocycles. The van der Waals surface area contributed by atoms with Crippen LogP contribution in [0.15, 0.2) is 34.7 Å². The number of rotatable bonds is 1. The van der Waals surface area contributed by atoms with Crippen LogP contribution in [0.5, 0.6) is 0 Å². The van der Waals surface area contributed by atoms with Gasteiger partial charge in [-0.3, -0.25) is 0 Å². The lowest BCUT2D eigenvalue weighted by molar-refractivity contribution is 0.580. The van der Waals surface area contributed by atoms with Crippen molar-refractivity contribution in [1.29, 1.82) is 5.26 Å². The highest BCUT2D eigenvalue weighted by atomic mass is 32.1. The van der Waals surface area contributed by atoms with Gasteiger partial charge in [0.1, 0.15) is 17.4 Å². The van der Waals surface area contributed by atoms with E-state index in [9.17, 15) is 0 Å². The predicted molar refractivity (Wildman–Crippen MR) is 68.8 cm³/mol. The predicted octanol–water partition coefficient (Wildman–Crippen LogP) is 3.44. The summed E-state index contributed by atoms with van der Waals surface area (Å²) >= 11 is 5.20. The molecule has 2 N–H and O–H groups in total. The molecule has 2 rings (SSSR count). The fourth-order valence-electron chi connectivity index (χ4n) is 1.61. The minimum atomic E-state index is 0.0713. The lowest BCUT2D eigenvalue weighted by Crippen LogP contribution is -1.95. The van der Waals surface area contributed by atoms with Gasteiger partial charge in [0.25, 0.3) is 0 Å². The van der Waals surface area contributed by atoms with E-state index in [0.29, 0.717) is 10.3 Å². The van der Waals surface area contributed by atoms with Crippen molar-refractivity contribution in [3.05, 3.63) is 46.0 Å². The molecule has 0 radical (unpaired) electrons. The number of anilines is 1. The highest BCUT2D eigenvalue weighted by Gasteiger charge is 2.12. The third kappa shape index (κ3) is 1.93. The first-order valence-electron chi connectivity index (χ1n) is 5.04. The summed E-state index contributed by atoms with van der Waals surface area (Å²) in [5.74, 6) is 0.689. The second kappa shape index (κ2) is 4.40. The van der Waals surface area contributed by atoms with Crippen LogP contribution in [0.1, 0.15) is 11.1 Å². The maximum atomic E-state index is 8.93. The van der Waals surface area contributed by atoms with E-state index in [1.54, 1.807) is 0 Å². The van der Waals surface area contributed by atoms with E-state index >= 15 is 0 Å². The monoisotopic (exact) mass is 242 g/mol. The van der Waals surface area contributed by atoms with Crippen LogP contribution in [0.25, 0.3) is 11.3 Å². The first kappa shape index (κ1) is 11.4. The van der Waals surface area contributed by atoms with Crippen molar-refractivity contribution in [2.45, 2.75) is 6.92 Å². The fraction of sp³-hybridized carbons (Fsp3) is 0.0769. The van der Waals surface area contributed by atoms with Crippen LogP contribution in [0.4, 0.5) is 5.88 Å². The zero-order valence-electron chi connectivity index (χ0n) is 9.23. The molecule has 0 spiro atoms. The van der Waals surface area contributed by atoms with Gasteiger partial charge in [0.2, 0.25) is 5.88 Å². The number of nitrogens with two attached hydrogens (primary N) is 1. The Kier molecular flexibility index (Phi) is 2.94. The molecule has 0 aliphatic carbocycles. The van der Waals surface area contributed by atoms with Gasteiger partial charge in [-0.05, 0) is 6.92 Å². The zero-order valence-corrected chi connectivity index (χ0v) is 10.0. The van der Waals surface area contributed by atoms with Gasteiger partial charge in [-0.1, -0.05) is 42.5 Å². The molecule has 1 heterocycles. The van der Waals surface area contributed by atoms with Crippen molar-refractivity contribution < 1.29 is 4.42 Å². The minimum Gasteiger partial charge on any atom is -0.439 e. The lowest BCUT2D eigenvalue weighted by Gasteiger charge is -2.07. The van der Waals surface area contributed by atoms with E-state index in [1.807, 2.05) is 43.3 Å². The second-order valence-corrected chi connectivity index (χ2v) is 4.01. The van der Waals surface area contributed by atoms with Crippen molar-refractivity contribution >= 4 is 18.1 Å². The normalized spacial score (nSPS) is 9.88. The molecular weight excluding hydrogens is 232 g/mol. The molecule has 2 aromatic rings. The Labute approximate surface area is 104 Å². The molecule has 0 amide bonds. The summed E-state index contributed by atoms with van der Waals surface area (Å²) in [6.45, 7) is 1.83. The SMILES string of the molecule is Cc1c(-c2ccccc2)oc(N)c(C#N)c1=S. The zero-order chi connectivity index (χ0) is 12.4. The van der Waals surface area contributed by atoms with Gasteiger partial charge in [-0.2, -0.15) is 5.26 Å². The van der Waals surface area contributed by atoms with Gasteiger partial charge in [-0.25, -0.2) is 0 Å². The van der Waals surface area contributed by atoms with Gasteiger partial charge >= 0.3 is 0 Å². The highest BCUT2D eigenvalue weighted by Crippen LogP contribution is 2.29. The quantitative estimate of drug-likeness (QED) is 0.778. The standard InChI is InChI=1S/C13H10N2OS/c1-8-11(9-5-3-2-4-6-9)16-13(15)10(7-14)12(8)17/h2-6H,15H2,1H3. The molecule has 0 fully saturated rings. The molecule has 0 atom stereocenters. The number of nitrogen functional groups attached to an aromatic ring is 1. The third-order valence-corrected chi connectivity index (χ3v) is 3.02. The van der Waals surface area contributed by atoms with Gasteiger partial charge in [0, 0.05) is 11.1 Å². The Bertz CT molecular complexity index is 654. The van der Waals surface area contributed by atoms with Gasteiger partial charge in [0.15, 0.2) is 0 Å². The lowest BCUT2D eigenvalue weighted by atomic mass is 10.1. The van der Waals surface area contributed by atoms with Gasteiger partial charge in [0.05, 0.1) is 4.51 Å². The fourth-order valence-corrected chi connectivity index (χ4v) is 1.85. The summed E-state index contributed by atoms with van der Waals surface area (Å²) in [7, 11) is 0. The first-order valence-corrected chi connectivity index (χ1v) is 5.44. The van der Waals surface area contributed by atoms with Crippen molar-refractivity contribution in [2.75, 3.05) is 5.73 Å². The van der Waals surface area contributed by atoms with Crippen LogP contribution in [-0.4, -0.2) is 0 Å². The molecule has 0 aliphatic heterocycles. The number of benzene rings is 1. The molecule has 0 aliphatic rings. The van der Waals surface area contributed by atoms with Crippen LogP contribution >= 0.6 is 12.2 Å². The van der Waals surface area contributed by atoms with Crippen molar-refractivity contribution in [2.24, 2.45) is 0 Å². The Morgan fingerprint density at radius 2 is 1.94 bits per heavy atom. The average Bonchev–Trinajstić information content (AvgIpc) is 2.35. The topological polar surface area (TPSA) is 62.9 Å². The second-order valence-electron chi connectivity index (χ2n) is 3.60. The number of hydrogen-bond donors (Lipinski definition) is 1. The Balaban J connectivity index is 2.75. The molecule has 0 saturated heterocycles. The molecule has 0 unspecified atom stereocenters. The average molecular weight is 242 g/mol. The van der Waals surface area contributed by atoms with Crippen molar-refractivity contribution in [1.82, 2.24) is 0 Å². The van der Waals surface area contributed by atoms with E-state index in [0.717, 1.165) is 11.1 Å². The van der Waals surface area contributed by atoms with E-state index in [-0.39, 0.29) is 11.4 Å². The molecule has 17 heavy (non-hydrogen) atoms. The van der Waals surface area contributed by atoms with Crippen LogP contribution in [0.3, 0.4) is 0 Å². The highest BCUT2D eigenvalue weighted by molar-refractivity contribution is 7.71. The van der Waals surface area contributed by atoms with E-state index in [1.165, 1.54) is 0 Å². The number of nitriles is 1. The van der Waals surface area contributed by atoms with E-state index < -0.39 is 0 Å². The maximum Gasteiger partial charge on any atom is 0.210 e. The third-order valence-electron chi connectivity index (χ3n) is 2.51. The maximum absolute atomic E-state index is 8.93. The summed E-state index contributed by atoms with van der Waals surface area (Å²) in [5.41, 5.74) is 7.57. The molecule has 1 aromatic heterocycles. The van der Waals surface area contributed by atoms with Gasteiger partial charge < -0.3 is 10.2 Å². The largest absolute Gasteiger partial charge is 0.439 e. The number of hydrogen-bond acceptors (Lipinski definition) is 4. The van der Waals surface area contributed by atoms with Gasteiger partial charge in [-0.15, -0.1) is 0 Å². The summed E-state index contributed by atoms with van der Waals surface area (Å²) in [6, 6.07) is 11.5. The van der Waals surface area contributed by atoms with Crippen molar-refractivity contribution in [3.8, 4) is 17.4 Å².